The number of anilines is 2. The number of non-ortho nitro benzene ring substituents is 1. The summed E-state index contributed by atoms with van der Waals surface area (Å²) in [6, 6.07) is 13.8. The first kappa shape index (κ1) is 23.5. The summed E-state index contributed by atoms with van der Waals surface area (Å²) in [5, 5.41) is 13.7. The van der Waals surface area contributed by atoms with Gasteiger partial charge in [-0.3, -0.25) is 19.6 Å². The van der Waals surface area contributed by atoms with Crippen LogP contribution in [-0.2, 0) is 10.0 Å². The van der Waals surface area contributed by atoms with E-state index in [-0.39, 0.29) is 16.3 Å². The molecule has 0 unspecified atom stereocenters. The third-order valence-corrected chi connectivity index (χ3v) is 6.10. The quantitative estimate of drug-likeness (QED) is 0.374. The zero-order chi connectivity index (χ0) is 24.2. The van der Waals surface area contributed by atoms with E-state index in [0.717, 1.165) is 11.6 Å². The Labute approximate surface area is 190 Å². The zero-order valence-corrected chi connectivity index (χ0v) is 18.8. The minimum atomic E-state index is -4.05. The average Bonchev–Trinajstić information content (AvgIpc) is 2.80. The number of rotatable bonds is 8. The molecule has 0 saturated carbocycles. The molecule has 0 aliphatic carbocycles. The van der Waals surface area contributed by atoms with Crippen molar-refractivity contribution in [3.63, 3.8) is 0 Å². The van der Waals surface area contributed by atoms with Gasteiger partial charge in [-0.1, -0.05) is 6.07 Å². The molecule has 0 heterocycles. The van der Waals surface area contributed by atoms with Crippen molar-refractivity contribution in [1.29, 1.82) is 0 Å². The van der Waals surface area contributed by atoms with Gasteiger partial charge in [0.1, 0.15) is 0 Å². The van der Waals surface area contributed by atoms with Gasteiger partial charge in [0.05, 0.1) is 24.0 Å². The molecule has 0 aliphatic rings. The minimum Gasteiger partial charge on any atom is -0.493 e. The van der Waals surface area contributed by atoms with Gasteiger partial charge in [0.25, 0.3) is 21.6 Å². The third-order valence-electron chi connectivity index (χ3n) is 4.72. The van der Waals surface area contributed by atoms with E-state index in [0.29, 0.717) is 22.7 Å². The maximum absolute atomic E-state index is 12.7. The maximum Gasteiger partial charge on any atom is 0.270 e. The highest BCUT2D eigenvalue weighted by Crippen LogP contribution is 2.33. The second kappa shape index (κ2) is 9.57. The average molecular weight is 471 g/mol. The number of nitrogens with one attached hydrogen (secondary N) is 2. The smallest absolute Gasteiger partial charge is 0.270 e. The molecule has 0 fully saturated rings. The molecule has 33 heavy (non-hydrogen) atoms. The molecule has 0 radical (unpaired) electrons. The fourth-order valence-corrected chi connectivity index (χ4v) is 4.08. The van der Waals surface area contributed by atoms with Gasteiger partial charge in [0.2, 0.25) is 0 Å². The number of carbonyl (C=O) groups excluding carboxylic acids is 1. The number of amides is 1. The number of carbonyl (C=O) groups is 1. The fourth-order valence-electron chi connectivity index (χ4n) is 2.98. The van der Waals surface area contributed by atoms with Gasteiger partial charge in [0.15, 0.2) is 11.5 Å². The van der Waals surface area contributed by atoms with Crippen molar-refractivity contribution >= 4 is 33.0 Å². The van der Waals surface area contributed by atoms with Crippen LogP contribution in [0.2, 0.25) is 0 Å². The first-order chi connectivity index (χ1) is 15.6. The molecule has 1 amide bonds. The van der Waals surface area contributed by atoms with E-state index in [9.17, 15) is 23.3 Å². The highest BCUT2D eigenvalue weighted by Gasteiger charge is 2.18. The minimum absolute atomic E-state index is 0.195. The number of methoxy groups -OCH3 is 2. The van der Waals surface area contributed by atoms with E-state index in [4.69, 9.17) is 9.47 Å². The zero-order valence-electron chi connectivity index (χ0n) is 18.0. The molecule has 0 aliphatic heterocycles. The maximum atomic E-state index is 12.7. The summed E-state index contributed by atoms with van der Waals surface area (Å²) in [4.78, 5) is 22.6. The van der Waals surface area contributed by atoms with Gasteiger partial charge >= 0.3 is 0 Å². The molecule has 0 aromatic heterocycles. The van der Waals surface area contributed by atoms with Gasteiger partial charge < -0.3 is 14.8 Å². The molecule has 0 saturated heterocycles. The lowest BCUT2D eigenvalue weighted by Crippen LogP contribution is -2.15. The van der Waals surface area contributed by atoms with Crippen molar-refractivity contribution < 1.29 is 27.6 Å². The highest BCUT2D eigenvalue weighted by atomic mass is 32.2. The number of nitrogens with zero attached hydrogens (tertiary/aromatic N) is 1. The number of nitro benzene ring substituents is 1. The Morgan fingerprint density at radius 1 is 0.970 bits per heavy atom. The molecule has 0 atom stereocenters. The molecule has 0 spiro atoms. The Hall–Kier alpha value is -4.12. The lowest BCUT2D eigenvalue weighted by molar-refractivity contribution is -0.385. The van der Waals surface area contributed by atoms with Gasteiger partial charge in [-0.2, -0.15) is 0 Å². The first-order valence-electron chi connectivity index (χ1n) is 9.56. The van der Waals surface area contributed by atoms with E-state index in [1.54, 1.807) is 12.1 Å². The van der Waals surface area contributed by atoms with Crippen LogP contribution >= 0.6 is 0 Å². The lowest BCUT2D eigenvalue weighted by Gasteiger charge is -2.14. The normalized spacial score (nSPS) is 10.9. The largest absolute Gasteiger partial charge is 0.493 e. The van der Waals surface area contributed by atoms with Crippen molar-refractivity contribution in [1.82, 2.24) is 0 Å². The van der Waals surface area contributed by atoms with Crippen LogP contribution in [0.3, 0.4) is 0 Å². The number of hydrogen-bond acceptors (Lipinski definition) is 7. The monoisotopic (exact) mass is 471 g/mol. The summed E-state index contributed by atoms with van der Waals surface area (Å²) in [5.74, 6) is 0.594. The Kier molecular flexibility index (Phi) is 6.83. The van der Waals surface area contributed by atoms with E-state index < -0.39 is 20.9 Å². The topological polar surface area (TPSA) is 137 Å². The molecule has 11 heteroatoms. The van der Waals surface area contributed by atoms with Crippen LogP contribution in [0.4, 0.5) is 17.1 Å². The summed E-state index contributed by atoms with van der Waals surface area (Å²) in [6.45, 7) is 1.81. The van der Waals surface area contributed by atoms with Crippen molar-refractivity contribution in [2.75, 3.05) is 24.3 Å². The van der Waals surface area contributed by atoms with E-state index in [2.05, 4.69) is 10.0 Å². The molecule has 3 aromatic rings. The Morgan fingerprint density at radius 2 is 1.61 bits per heavy atom. The van der Waals surface area contributed by atoms with Gasteiger partial charge in [-0.25, -0.2) is 8.42 Å². The van der Waals surface area contributed by atoms with E-state index >= 15 is 0 Å². The molecule has 10 nitrogen and oxygen atoms in total. The standard InChI is InChI=1S/C22H21N3O7S/c1-14-11-20(31-2)21(32-3)13-19(14)23-22(26)15-7-9-16(10-8-15)24-33(29,30)18-6-4-5-17(12-18)25(27)28/h4-13,24H,1-3H3,(H,23,26). The fraction of sp³-hybridized carbons (Fsp3) is 0.136. The number of benzene rings is 3. The van der Waals surface area contributed by atoms with Crippen LogP contribution in [-0.4, -0.2) is 33.5 Å². The number of ether oxygens (including phenoxy) is 2. The summed E-state index contributed by atoms with van der Waals surface area (Å²) in [5.41, 5.74) is 1.45. The Balaban J connectivity index is 1.76. The Morgan fingerprint density at radius 3 is 2.21 bits per heavy atom. The SMILES string of the molecule is COc1cc(C)c(NC(=O)c2ccc(NS(=O)(=O)c3cccc([N+](=O)[O-])c3)cc2)cc1OC. The number of aryl methyl sites for hydroxylation is 1. The molecular weight excluding hydrogens is 450 g/mol. The summed E-state index contributed by atoms with van der Waals surface area (Å²) in [6.07, 6.45) is 0. The predicted octanol–water partition coefficient (Wildman–Crippen LogP) is 3.97. The molecule has 3 aromatic carbocycles. The van der Waals surface area contributed by atoms with Crippen LogP contribution < -0.4 is 19.5 Å². The van der Waals surface area contributed by atoms with Crippen LogP contribution in [0.25, 0.3) is 0 Å². The molecule has 3 rings (SSSR count). The first-order valence-corrected chi connectivity index (χ1v) is 11.0. The predicted molar refractivity (Wildman–Crippen MR) is 123 cm³/mol. The summed E-state index contributed by atoms with van der Waals surface area (Å²) in [7, 11) is -1.04. The van der Waals surface area contributed by atoms with Crippen molar-refractivity contribution in [3.05, 3.63) is 81.9 Å². The Bertz CT molecular complexity index is 1310. The molecule has 0 bridgehead atoms. The second-order valence-electron chi connectivity index (χ2n) is 6.91. The van der Waals surface area contributed by atoms with Crippen molar-refractivity contribution in [3.8, 4) is 11.5 Å². The molecular formula is C22H21N3O7S. The molecule has 172 valence electrons. The summed E-state index contributed by atoms with van der Waals surface area (Å²) >= 11 is 0. The van der Waals surface area contributed by atoms with Gasteiger partial charge in [0, 0.05) is 35.1 Å². The summed E-state index contributed by atoms with van der Waals surface area (Å²) < 4.78 is 37.9. The third kappa shape index (κ3) is 5.39. The van der Waals surface area contributed by atoms with E-state index in [1.807, 2.05) is 6.92 Å². The van der Waals surface area contributed by atoms with Crippen LogP contribution in [0.15, 0.2) is 65.6 Å². The van der Waals surface area contributed by atoms with Crippen LogP contribution in [0, 0.1) is 17.0 Å². The van der Waals surface area contributed by atoms with Crippen molar-refractivity contribution in [2.24, 2.45) is 0 Å². The van der Waals surface area contributed by atoms with Crippen molar-refractivity contribution in [2.45, 2.75) is 11.8 Å². The van der Waals surface area contributed by atoms with Crippen LogP contribution in [0.5, 0.6) is 11.5 Å². The van der Waals surface area contributed by atoms with E-state index in [1.165, 1.54) is 56.7 Å². The second-order valence-corrected chi connectivity index (χ2v) is 8.60. The number of nitro groups is 1. The number of sulfonamides is 1. The molecule has 2 N–H and O–H groups in total. The van der Waals surface area contributed by atoms with Gasteiger partial charge in [-0.15, -0.1) is 0 Å². The lowest BCUT2D eigenvalue weighted by atomic mass is 10.1. The van der Waals surface area contributed by atoms with Crippen LogP contribution in [0.1, 0.15) is 15.9 Å². The van der Waals surface area contributed by atoms with Gasteiger partial charge in [-0.05, 0) is 48.9 Å². The highest BCUT2D eigenvalue weighted by molar-refractivity contribution is 7.92. The number of hydrogen-bond donors (Lipinski definition) is 2.